The highest BCUT2D eigenvalue weighted by atomic mass is 32.1. The van der Waals surface area contributed by atoms with Gasteiger partial charge < -0.3 is 5.32 Å². The van der Waals surface area contributed by atoms with Crippen LogP contribution in [0.1, 0.15) is 23.4 Å². The molecule has 0 radical (unpaired) electrons. The first kappa shape index (κ1) is 19.1. The van der Waals surface area contributed by atoms with Gasteiger partial charge in [-0.25, -0.2) is 4.98 Å². The second-order valence-electron chi connectivity index (χ2n) is 7.07. The molecule has 146 valence electrons. The average Bonchev–Trinajstić information content (AvgIpc) is 3.06. The zero-order valence-electron chi connectivity index (χ0n) is 16.5. The van der Waals surface area contributed by atoms with Crippen LogP contribution in [0.15, 0.2) is 65.7 Å². The molecule has 0 aliphatic heterocycles. The lowest BCUT2D eigenvalue weighted by molar-refractivity contribution is -0.118. The molecule has 5 nitrogen and oxygen atoms in total. The number of nitrogens with zero attached hydrogens (tertiary/aromatic N) is 2. The van der Waals surface area contributed by atoms with Crippen molar-refractivity contribution in [2.24, 2.45) is 0 Å². The van der Waals surface area contributed by atoms with Crippen molar-refractivity contribution in [2.45, 2.75) is 26.8 Å². The Morgan fingerprint density at radius 2 is 1.76 bits per heavy atom. The number of aryl methyl sites for hydroxylation is 2. The predicted octanol–water partition coefficient (Wildman–Crippen LogP) is 4.94. The monoisotopic (exact) mass is 403 g/mol. The van der Waals surface area contributed by atoms with Crippen molar-refractivity contribution in [2.75, 3.05) is 5.32 Å². The third-order valence-electron chi connectivity index (χ3n) is 4.99. The van der Waals surface area contributed by atoms with Gasteiger partial charge in [0.2, 0.25) is 5.91 Å². The highest BCUT2D eigenvalue weighted by molar-refractivity contribution is 7.19. The van der Waals surface area contributed by atoms with Gasteiger partial charge in [0.15, 0.2) is 0 Å². The molecule has 0 bridgehead atoms. The summed E-state index contributed by atoms with van der Waals surface area (Å²) in [5.74, 6) is -0.261. The van der Waals surface area contributed by atoms with Gasteiger partial charge in [-0.3, -0.25) is 14.2 Å². The van der Waals surface area contributed by atoms with Crippen molar-refractivity contribution in [1.82, 2.24) is 9.55 Å². The minimum absolute atomic E-state index is 0.203. The van der Waals surface area contributed by atoms with E-state index in [0.29, 0.717) is 15.9 Å². The van der Waals surface area contributed by atoms with E-state index in [0.717, 1.165) is 21.6 Å². The molecular weight excluding hydrogens is 382 g/mol. The Bertz CT molecular complexity index is 1240. The van der Waals surface area contributed by atoms with E-state index >= 15 is 0 Å². The maximum absolute atomic E-state index is 13.4. The summed E-state index contributed by atoms with van der Waals surface area (Å²) in [5.41, 5.74) is 3.53. The zero-order valence-corrected chi connectivity index (χ0v) is 17.3. The van der Waals surface area contributed by atoms with Crippen LogP contribution in [0.4, 0.5) is 5.69 Å². The lowest BCUT2D eigenvalue weighted by Gasteiger charge is -2.15. The molecule has 0 unspecified atom stereocenters. The summed E-state index contributed by atoms with van der Waals surface area (Å²) < 4.78 is 1.41. The number of carbonyl (C=O) groups is 1. The van der Waals surface area contributed by atoms with Gasteiger partial charge in [0.05, 0.1) is 11.7 Å². The van der Waals surface area contributed by atoms with Crippen molar-refractivity contribution >= 4 is 33.1 Å². The molecule has 2 aromatic carbocycles. The maximum Gasteiger partial charge on any atom is 0.263 e. The van der Waals surface area contributed by atoms with Crippen LogP contribution >= 0.6 is 11.3 Å². The van der Waals surface area contributed by atoms with E-state index in [1.807, 2.05) is 68.4 Å². The molecule has 2 heterocycles. The molecule has 1 atom stereocenters. The Morgan fingerprint density at radius 1 is 1.07 bits per heavy atom. The van der Waals surface area contributed by atoms with Gasteiger partial charge in [-0.15, -0.1) is 11.3 Å². The lowest BCUT2D eigenvalue weighted by Crippen LogP contribution is -2.31. The summed E-state index contributed by atoms with van der Waals surface area (Å²) in [7, 11) is 0. The van der Waals surface area contributed by atoms with Gasteiger partial charge in [0.25, 0.3) is 5.56 Å². The minimum Gasteiger partial charge on any atom is -0.324 e. The van der Waals surface area contributed by atoms with Crippen LogP contribution in [0.5, 0.6) is 0 Å². The third-order valence-corrected chi connectivity index (χ3v) is 6.00. The Hall–Kier alpha value is -3.25. The fraction of sp³-hybridized carbons (Fsp3) is 0.174. The highest BCUT2D eigenvalue weighted by Crippen LogP contribution is 2.35. The van der Waals surface area contributed by atoms with Crippen molar-refractivity contribution in [3.63, 3.8) is 0 Å². The molecule has 0 fully saturated rings. The first-order valence-electron chi connectivity index (χ1n) is 9.39. The Labute approximate surface area is 172 Å². The molecule has 0 saturated heterocycles. The molecule has 0 spiro atoms. The zero-order chi connectivity index (χ0) is 20.5. The number of aromatic nitrogens is 2. The van der Waals surface area contributed by atoms with Crippen LogP contribution in [0.3, 0.4) is 0 Å². The number of hydrogen-bond acceptors (Lipinski definition) is 4. The minimum atomic E-state index is -0.689. The molecule has 29 heavy (non-hydrogen) atoms. The average molecular weight is 404 g/mol. The lowest BCUT2D eigenvalue weighted by atomic mass is 10.0. The number of fused-ring (bicyclic) bond motifs is 1. The molecule has 0 aliphatic carbocycles. The van der Waals surface area contributed by atoms with Gasteiger partial charge in [-0.05, 0) is 38.5 Å². The summed E-state index contributed by atoms with van der Waals surface area (Å²) in [6.45, 7) is 5.73. The molecule has 1 N–H and O–H groups in total. The third kappa shape index (κ3) is 3.59. The van der Waals surface area contributed by atoms with Gasteiger partial charge in [0.1, 0.15) is 10.9 Å². The molecule has 6 heteroatoms. The van der Waals surface area contributed by atoms with Gasteiger partial charge in [-0.1, -0.05) is 48.0 Å². The smallest absolute Gasteiger partial charge is 0.263 e. The summed E-state index contributed by atoms with van der Waals surface area (Å²) >= 11 is 1.50. The van der Waals surface area contributed by atoms with E-state index in [9.17, 15) is 9.59 Å². The largest absolute Gasteiger partial charge is 0.324 e. The normalized spacial score (nSPS) is 12.1. The first-order valence-corrected chi connectivity index (χ1v) is 10.2. The second-order valence-corrected chi connectivity index (χ2v) is 8.27. The molecule has 1 amide bonds. The van der Waals surface area contributed by atoms with Crippen LogP contribution in [0, 0.1) is 13.8 Å². The van der Waals surface area contributed by atoms with Gasteiger partial charge in [-0.2, -0.15) is 0 Å². The van der Waals surface area contributed by atoms with Crippen molar-refractivity contribution < 1.29 is 4.79 Å². The summed E-state index contributed by atoms with van der Waals surface area (Å²) in [5, 5.41) is 3.42. The molecular formula is C23H21N3O2S. The number of nitrogens with one attached hydrogen (secondary N) is 1. The first-order chi connectivity index (χ1) is 14.0. The molecule has 0 saturated carbocycles. The van der Waals surface area contributed by atoms with E-state index in [2.05, 4.69) is 10.3 Å². The number of rotatable bonds is 4. The molecule has 2 aromatic heterocycles. The SMILES string of the molecule is Cc1ccc(-c2c(C)sc3ncn([C@H](C)C(=O)Nc4ccccc4)c(=O)c23)cc1. The topological polar surface area (TPSA) is 64.0 Å². The van der Waals surface area contributed by atoms with Crippen LogP contribution in [-0.2, 0) is 4.79 Å². The predicted molar refractivity (Wildman–Crippen MR) is 119 cm³/mol. The van der Waals surface area contributed by atoms with Crippen LogP contribution in [-0.4, -0.2) is 15.5 Å². The number of hydrogen-bond donors (Lipinski definition) is 1. The van der Waals surface area contributed by atoms with Gasteiger partial charge in [0, 0.05) is 16.1 Å². The van der Waals surface area contributed by atoms with E-state index < -0.39 is 6.04 Å². The quantitative estimate of drug-likeness (QED) is 0.525. The number of amides is 1. The number of carbonyl (C=O) groups excluding carboxylic acids is 1. The van der Waals surface area contributed by atoms with Crippen molar-refractivity contribution in [3.8, 4) is 11.1 Å². The molecule has 0 aliphatic rings. The Morgan fingerprint density at radius 3 is 2.45 bits per heavy atom. The highest BCUT2D eigenvalue weighted by Gasteiger charge is 2.21. The van der Waals surface area contributed by atoms with E-state index in [1.165, 1.54) is 22.2 Å². The van der Waals surface area contributed by atoms with E-state index in [-0.39, 0.29) is 11.5 Å². The standard InChI is InChI=1S/C23H21N3O2S/c1-14-9-11-17(12-10-14)19-16(3)29-22-20(19)23(28)26(13-24-22)15(2)21(27)25-18-7-5-4-6-8-18/h4-13,15H,1-3H3,(H,25,27)/t15-/m1/s1. The van der Waals surface area contributed by atoms with Crippen LogP contribution < -0.4 is 10.9 Å². The number of anilines is 1. The summed E-state index contributed by atoms with van der Waals surface area (Å²) in [6, 6.07) is 16.6. The van der Waals surface area contributed by atoms with Crippen LogP contribution in [0.25, 0.3) is 21.3 Å². The Kier molecular flexibility index (Phi) is 5.03. The molecule has 4 aromatic rings. The second kappa shape index (κ2) is 7.64. The van der Waals surface area contributed by atoms with Crippen molar-refractivity contribution in [3.05, 3.63) is 81.7 Å². The summed E-state index contributed by atoms with van der Waals surface area (Å²) in [4.78, 5) is 32.3. The fourth-order valence-corrected chi connectivity index (χ4v) is 4.36. The Balaban J connectivity index is 1.77. The fourth-order valence-electron chi connectivity index (χ4n) is 3.35. The number of benzene rings is 2. The number of para-hydroxylation sites is 1. The van der Waals surface area contributed by atoms with E-state index in [4.69, 9.17) is 0 Å². The summed E-state index contributed by atoms with van der Waals surface area (Å²) in [6.07, 6.45) is 1.47. The van der Waals surface area contributed by atoms with Crippen molar-refractivity contribution in [1.29, 1.82) is 0 Å². The van der Waals surface area contributed by atoms with Gasteiger partial charge >= 0.3 is 0 Å². The van der Waals surface area contributed by atoms with Crippen LogP contribution in [0.2, 0.25) is 0 Å². The maximum atomic E-state index is 13.4. The molecule has 4 rings (SSSR count). The number of thiophene rings is 1. The van der Waals surface area contributed by atoms with E-state index in [1.54, 1.807) is 6.92 Å².